The fourth-order valence-corrected chi connectivity index (χ4v) is 6.20. The summed E-state index contributed by atoms with van der Waals surface area (Å²) >= 11 is 1.01. The molecule has 3 atom stereocenters. The maximum absolute atomic E-state index is 13.3. The molecule has 1 aromatic heterocycles. The smallest absolute Gasteiger partial charge is 0.408 e. The Morgan fingerprint density at radius 2 is 1.85 bits per heavy atom. The van der Waals surface area contributed by atoms with Crippen LogP contribution in [0.1, 0.15) is 32.4 Å². The molecule has 13 nitrogen and oxygen atoms in total. The minimum absolute atomic E-state index is 0.208. The van der Waals surface area contributed by atoms with E-state index in [1.54, 1.807) is 51.1 Å². The Kier molecular flexibility index (Phi) is 8.07. The lowest BCUT2D eigenvalue weighted by atomic mass is 10.0. The average Bonchev–Trinajstić information content (AvgIpc) is 2.89. The molecule has 3 heterocycles. The summed E-state index contributed by atoms with van der Waals surface area (Å²) in [5, 5.41) is 14.0. The van der Waals surface area contributed by atoms with Crippen LogP contribution in [0.4, 0.5) is 4.79 Å². The van der Waals surface area contributed by atoms with E-state index in [0.29, 0.717) is 5.56 Å². The molecule has 2 unspecified atom stereocenters. The molecule has 1 saturated heterocycles. The number of pyridine rings is 1. The highest BCUT2D eigenvalue weighted by Gasteiger charge is 2.55. The van der Waals surface area contributed by atoms with E-state index < -0.39 is 68.5 Å². The zero-order valence-electron chi connectivity index (χ0n) is 21.6. The summed E-state index contributed by atoms with van der Waals surface area (Å²) in [6, 6.07) is 8.55. The number of carboxylic acid groups (broad SMARTS) is 1. The van der Waals surface area contributed by atoms with Gasteiger partial charge in [-0.2, -0.15) is 8.42 Å². The number of β-lactam (4-membered cyclic amide) rings is 1. The largest absolute Gasteiger partial charge is 0.476 e. The van der Waals surface area contributed by atoms with Crippen LogP contribution in [0.2, 0.25) is 0 Å². The van der Waals surface area contributed by atoms with Gasteiger partial charge >= 0.3 is 22.2 Å². The first-order valence-electron chi connectivity index (χ1n) is 11.9. The normalized spacial score (nSPS) is 19.6. The predicted octanol–water partition coefficient (Wildman–Crippen LogP) is 1.75. The summed E-state index contributed by atoms with van der Waals surface area (Å²) in [5.74, 6) is -3.73. The highest BCUT2D eigenvalue weighted by atomic mass is 32.2. The number of hydrogen-bond acceptors (Lipinski definition) is 10. The number of hydrogen-bond donors (Lipinski definition) is 3. The van der Waals surface area contributed by atoms with Crippen LogP contribution in [0, 0.1) is 0 Å². The number of ether oxygens (including phenoxy) is 1. The minimum atomic E-state index is -4.42. The molecule has 2 aromatic rings. The first kappa shape index (κ1) is 28.9. The number of carbonyl (C=O) groups is 4. The summed E-state index contributed by atoms with van der Waals surface area (Å²) in [5.41, 5.74) is -1.04. The zero-order valence-corrected chi connectivity index (χ0v) is 23.2. The number of rotatable bonds is 8. The molecule has 40 heavy (non-hydrogen) atoms. The molecular formula is C25H26N4O9S2. The number of carbonyl (C=O) groups excluding carboxylic acids is 3. The van der Waals surface area contributed by atoms with Crippen LogP contribution in [-0.2, 0) is 33.4 Å². The van der Waals surface area contributed by atoms with E-state index in [4.69, 9.17) is 8.92 Å². The number of alkyl carbamates (subject to hydrolysis) is 1. The molecule has 3 N–H and O–H groups in total. The molecule has 3 amide bonds. The lowest BCUT2D eigenvalue weighted by Crippen LogP contribution is -2.71. The standard InChI is InChI=1S/C25H26N4O9S2/c1-25(2,3)37-24(34)28-17(14-8-5-4-6-9-14)20(30)27-18-21(31)29-19(23(32)33)16(13-39-22(18)29)38-40(35,36)15-10-7-11-26-12-15/h4-12,17-18,22H,13H2,1-3H3,(H,27,30)(H,28,34)(H,32,33)/t17?,18?,22-/m0/s1. The van der Waals surface area contributed by atoms with Gasteiger partial charge in [-0.1, -0.05) is 30.3 Å². The monoisotopic (exact) mass is 590 g/mol. The third kappa shape index (κ3) is 6.20. The van der Waals surface area contributed by atoms with Crippen LogP contribution in [0.15, 0.2) is 71.2 Å². The number of benzene rings is 1. The number of nitrogens with zero attached hydrogens (tertiary/aromatic N) is 2. The predicted molar refractivity (Wildman–Crippen MR) is 141 cm³/mol. The van der Waals surface area contributed by atoms with Crippen molar-refractivity contribution in [2.24, 2.45) is 0 Å². The fourth-order valence-electron chi connectivity index (χ4n) is 3.94. The first-order chi connectivity index (χ1) is 18.8. The molecule has 2 aliphatic rings. The second-order valence-corrected chi connectivity index (χ2v) is 12.3. The lowest BCUT2D eigenvalue weighted by molar-refractivity contribution is -0.151. The molecule has 0 bridgehead atoms. The van der Waals surface area contributed by atoms with Crippen LogP contribution in [0.5, 0.6) is 0 Å². The molecule has 4 rings (SSSR count). The summed E-state index contributed by atoms with van der Waals surface area (Å²) in [6.07, 6.45) is 1.56. The van der Waals surface area contributed by atoms with E-state index in [0.717, 1.165) is 22.9 Å². The van der Waals surface area contributed by atoms with Crippen molar-refractivity contribution in [3.8, 4) is 0 Å². The molecular weight excluding hydrogens is 564 g/mol. The molecule has 15 heteroatoms. The molecule has 0 saturated carbocycles. The third-order valence-electron chi connectivity index (χ3n) is 5.62. The van der Waals surface area contributed by atoms with Crippen LogP contribution < -0.4 is 10.6 Å². The van der Waals surface area contributed by atoms with Crippen molar-refractivity contribution in [2.75, 3.05) is 5.75 Å². The second kappa shape index (κ2) is 11.2. The van der Waals surface area contributed by atoms with E-state index in [1.165, 1.54) is 18.3 Å². The van der Waals surface area contributed by atoms with Crippen molar-refractivity contribution < 1.29 is 41.6 Å². The number of thioether (sulfide) groups is 1. The molecule has 0 aliphatic carbocycles. The topological polar surface area (TPSA) is 181 Å². The SMILES string of the molecule is CC(C)(C)OC(=O)NC(C(=O)NC1C(=O)N2C(C(=O)O)=C(OS(=O)(=O)c3cccnc3)CS[C@@H]12)c1ccccc1. The van der Waals surface area contributed by atoms with Gasteiger partial charge in [-0.15, -0.1) is 11.8 Å². The van der Waals surface area contributed by atoms with Gasteiger partial charge in [-0.3, -0.25) is 19.5 Å². The Balaban J connectivity index is 1.53. The van der Waals surface area contributed by atoms with Gasteiger partial charge in [0.15, 0.2) is 11.5 Å². The van der Waals surface area contributed by atoms with Crippen LogP contribution in [0.3, 0.4) is 0 Å². The fraction of sp³-hybridized carbons (Fsp3) is 0.320. The Hall–Kier alpha value is -4.11. The van der Waals surface area contributed by atoms with Gasteiger partial charge in [-0.25, -0.2) is 9.59 Å². The van der Waals surface area contributed by atoms with Crippen LogP contribution in [-0.4, -0.2) is 70.1 Å². The Morgan fingerprint density at radius 1 is 1.15 bits per heavy atom. The molecule has 2 aliphatic heterocycles. The van der Waals surface area contributed by atoms with Gasteiger partial charge in [0, 0.05) is 12.4 Å². The van der Waals surface area contributed by atoms with E-state index in [-0.39, 0.29) is 10.6 Å². The van der Waals surface area contributed by atoms with Gasteiger partial charge in [0.2, 0.25) is 5.91 Å². The summed E-state index contributed by atoms with van der Waals surface area (Å²) < 4.78 is 35.7. The van der Waals surface area contributed by atoms with Crippen molar-refractivity contribution in [3.05, 3.63) is 71.9 Å². The van der Waals surface area contributed by atoms with Gasteiger partial charge < -0.3 is 24.7 Å². The third-order valence-corrected chi connectivity index (χ3v) is 8.12. The summed E-state index contributed by atoms with van der Waals surface area (Å²) in [7, 11) is -4.42. The highest BCUT2D eigenvalue weighted by molar-refractivity contribution is 8.00. The summed E-state index contributed by atoms with van der Waals surface area (Å²) in [4.78, 5) is 55.2. The van der Waals surface area contributed by atoms with Gasteiger partial charge in [0.25, 0.3) is 5.91 Å². The van der Waals surface area contributed by atoms with Crippen molar-refractivity contribution in [3.63, 3.8) is 0 Å². The Morgan fingerprint density at radius 3 is 2.45 bits per heavy atom. The van der Waals surface area contributed by atoms with Crippen molar-refractivity contribution in [1.29, 1.82) is 0 Å². The summed E-state index contributed by atoms with van der Waals surface area (Å²) in [6.45, 7) is 5.00. The lowest BCUT2D eigenvalue weighted by Gasteiger charge is -2.49. The zero-order chi connectivity index (χ0) is 29.2. The first-order valence-corrected chi connectivity index (χ1v) is 14.3. The second-order valence-electron chi connectivity index (χ2n) is 9.69. The van der Waals surface area contributed by atoms with E-state index in [2.05, 4.69) is 15.6 Å². The van der Waals surface area contributed by atoms with Crippen molar-refractivity contribution >= 4 is 45.8 Å². The number of aliphatic carboxylic acids is 1. The maximum atomic E-state index is 13.3. The molecule has 0 radical (unpaired) electrons. The van der Waals surface area contributed by atoms with Gasteiger partial charge in [0.1, 0.15) is 28.0 Å². The number of aromatic nitrogens is 1. The Bertz CT molecular complexity index is 1460. The van der Waals surface area contributed by atoms with E-state index in [1.807, 2.05) is 0 Å². The van der Waals surface area contributed by atoms with Crippen LogP contribution >= 0.6 is 11.8 Å². The molecule has 0 spiro atoms. The van der Waals surface area contributed by atoms with Crippen molar-refractivity contribution in [2.45, 2.75) is 48.7 Å². The number of fused-ring (bicyclic) bond motifs is 1. The molecule has 212 valence electrons. The minimum Gasteiger partial charge on any atom is -0.476 e. The van der Waals surface area contributed by atoms with Crippen LogP contribution in [0.25, 0.3) is 0 Å². The van der Waals surface area contributed by atoms with E-state index in [9.17, 15) is 32.7 Å². The van der Waals surface area contributed by atoms with E-state index >= 15 is 0 Å². The van der Waals surface area contributed by atoms with Gasteiger partial charge in [-0.05, 0) is 38.5 Å². The molecule has 1 aromatic carbocycles. The van der Waals surface area contributed by atoms with Gasteiger partial charge in [0.05, 0.1) is 5.75 Å². The highest BCUT2D eigenvalue weighted by Crippen LogP contribution is 2.41. The number of carboxylic acids is 1. The average molecular weight is 591 g/mol. The van der Waals surface area contributed by atoms with Crippen molar-refractivity contribution in [1.82, 2.24) is 20.5 Å². The maximum Gasteiger partial charge on any atom is 0.408 e. The Labute approximate surface area is 234 Å². The quantitative estimate of drug-likeness (QED) is 0.301. The number of nitrogens with one attached hydrogen (secondary N) is 2. The molecule has 1 fully saturated rings. The number of amides is 3.